The topological polar surface area (TPSA) is 73.3 Å². The minimum atomic E-state index is -3.28. The molecule has 0 unspecified atom stereocenters. The number of halogens is 1. The molecular formula is C17H16ClNO4S. The molecule has 24 heavy (non-hydrogen) atoms. The Hall–Kier alpha value is -1.92. The van der Waals surface area contributed by atoms with Gasteiger partial charge in [-0.1, -0.05) is 11.6 Å². The molecule has 0 amide bonds. The fourth-order valence-corrected chi connectivity index (χ4v) is 4.57. The van der Waals surface area contributed by atoms with Crippen LogP contribution in [-0.2, 0) is 9.84 Å². The van der Waals surface area contributed by atoms with Crippen LogP contribution in [0, 0.1) is 6.92 Å². The van der Waals surface area contributed by atoms with Crippen LogP contribution in [0.3, 0.4) is 0 Å². The molecule has 1 aliphatic rings. The normalized spacial score (nSPS) is 14.5. The first-order valence-electron chi connectivity index (χ1n) is 7.44. The van der Waals surface area contributed by atoms with Gasteiger partial charge >= 0.3 is 0 Å². The number of nitrogens with zero attached hydrogens (tertiary/aromatic N) is 1. The van der Waals surface area contributed by atoms with Gasteiger partial charge in [0.1, 0.15) is 10.7 Å². The lowest BCUT2D eigenvalue weighted by Crippen LogP contribution is -2.11. The van der Waals surface area contributed by atoms with Gasteiger partial charge in [0.05, 0.1) is 17.3 Å². The van der Waals surface area contributed by atoms with Gasteiger partial charge in [0.2, 0.25) is 11.7 Å². The summed E-state index contributed by atoms with van der Waals surface area (Å²) >= 11 is 5.91. The van der Waals surface area contributed by atoms with Crippen LogP contribution in [0.25, 0.3) is 0 Å². The molecule has 0 atom stereocenters. The number of benzene rings is 1. The van der Waals surface area contributed by atoms with Crippen molar-refractivity contribution in [3.8, 4) is 5.88 Å². The van der Waals surface area contributed by atoms with Crippen LogP contribution in [0.2, 0.25) is 5.02 Å². The highest BCUT2D eigenvalue weighted by Crippen LogP contribution is 2.35. The van der Waals surface area contributed by atoms with E-state index in [2.05, 4.69) is 4.98 Å². The Morgan fingerprint density at radius 3 is 2.54 bits per heavy atom. The fourth-order valence-electron chi connectivity index (χ4n) is 2.51. The predicted octanol–water partition coefficient (Wildman–Crippen LogP) is 3.22. The fraction of sp³-hybridized carbons (Fsp3) is 0.294. The summed E-state index contributed by atoms with van der Waals surface area (Å²) in [5, 5.41) is 0.0380. The highest BCUT2D eigenvalue weighted by atomic mass is 35.5. The lowest BCUT2D eigenvalue weighted by atomic mass is 10.1. The quantitative estimate of drug-likeness (QED) is 0.760. The Labute approximate surface area is 145 Å². The van der Waals surface area contributed by atoms with E-state index >= 15 is 0 Å². The van der Waals surface area contributed by atoms with E-state index in [1.807, 2.05) is 0 Å². The van der Waals surface area contributed by atoms with Gasteiger partial charge in [-0.25, -0.2) is 13.4 Å². The number of methoxy groups -OCH3 is 1. The van der Waals surface area contributed by atoms with Crippen LogP contribution in [0.5, 0.6) is 5.88 Å². The molecule has 3 rings (SSSR count). The van der Waals surface area contributed by atoms with E-state index in [-0.39, 0.29) is 22.6 Å². The van der Waals surface area contributed by atoms with Crippen LogP contribution in [0.1, 0.15) is 34.5 Å². The largest absolute Gasteiger partial charge is 0.480 e. The summed E-state index contributed by atoms with van der Waals surface area (Å²) in [7, 11) is -1.86. The Morgan fingerprint density at radius 1 is 1.25 bits per heavy atom. The van der Waals surface area contributed by atoms with Gasteiger partial charge < -0.3 is 4.74 Å². The molecule has 0 aliphatic heterocycles. The number of ether oxygens (including phenoxy) is 1. The van der Waals surface area contributed by atoms with Crippen LogP contribution in [0.15, 0.2) is 35.2 Å². The molecule has 126 valence electrons. The van der Waals surface area contributed by atoms with Gasteiger partial charge in [-0.05, 0) is 55.7 Å². The van der Waals surface area contributed by atoms with Crippen LogP contribution < -0.4 is 4.74 Å². The number of hydrogen-bond acceptors (Lipinski definition) is 5. The molecule has 0 N–H and O–H groups in total. The van der Waals surface area contributed by atoms with Crippen molar-refractivity contribution in [2.45, 2.75) is 29.9 Å². The van der Waals surface area contributed by atoms with E-state index in [1.165, 1.54) is 25.3 Å². The molecule has 0 radical (unpaired) electrons. The maximum absolute atomic E-state index is 12.6. The van der Waals surface area contributed by atoms with Gasteiger partial charge in [-0.15, -0.1) is 0 Å². The number of rotatable bonds is 5. The summed E-state index contributed by atoms with van der Waals surface area (Å²) in [4.78, 5) is 17.0. The molecule has 5 nitrogen and oxygen atoms in total. The summed E-state index contributed by atoms with van der Waals surface area (Å²) in [6.07, 6.45) is 1.41. The number of pyridine rings is 1. The van der Waals surface area contributed by atoms with Crippen molar-refractivity contribution >= 4 is 27.2 Å². The first-order chi connectivity index (χ1) is 11.3. The summed E-state index contributed by atoms with van der Waals surface area (Å²) in [5.41, 5.74) is 1.13. The third-order valence-corrected chi connectivity index (χ3v) is 6.65. The van der Waals surface area contributed by atoms with E-state index in [9.17, 15) is 13.2 Å². The molecule has 0 spiro atoms. The molecular weight excluding hydrogens is 350 g/mol. The molecule has 1 aliphatic carbocycles. The maximum atomic E-state index is 12.6. The van der Waals surface area contributed by atoms with Crippen LogP contribution >= 0.6 is 11.6 Å². The summed E-state index contributed by atoms with van der Waals surface area (Å²) in [6, 6.07) is 7.66. The van der Waals surface area contributed by atoms with Crippen molar-refractivity contribution in [2.75, 3.05) is 7.11 Å². The third kappa shape index (κ3) is 3.03. The lowest BCUT2D eigenvalue weighted by Gasteiger charge is -2.09. The van der Waals surface area contributed by atoms with Crippen molar-refractivity contribution in [3.63, 3.8) is 0 Å². The average molecular weight is 366 g/mol. The van der Waals surface area contributed by atoms with Crippen LogP contribution in [0.4, 0.5) is 0 Å². The Balaban J connectivity index is 1.95. The zero-order chi connectivity index (χ0) is 17.5. The molecule has 0 saturated heterocycles. The molecule has 0 bridgehead atoms. The zero-order valence-electron chi connectivity index (χ0n) is 13.2. The van der Waals surface area contributed by atoms with Crippen molar-refractivity contribution in [2.24, 2.45) is 0 Å². The van der Waals surface area contributed by atoms with E-state index in [0.717, 1.165) is 0 Å². The van der Waals surface area contributed by atoms with Crippen molar-refractivity contribution in [1.82, 2.24) is 4.98 Å². The van der Waals surface area contributed by atoms with E-state index in [0.29, 0.717) is 33.9 Å². The van der Waals surface area contributed by atoms with Crippen molar-refractivity contribution in [1.29, 1.82) is 0 Å². The number of sulfone groups is 1. The molecule has 1 saturated carbocycles. The highest BCUT2D eigenvalue weighted by molar-refractivity contribution is 7.92. The number of carbonyl (C=O) groups excluding carboxylic acids is 1. The summed E-state index contributed by atoms with van der Waals surface area (Å²) in [6.45, 7) is 1.70. The monoisotopic (exact) mass is 365 g/mol. The van der Waals surface area contributed by atoms with E-state index < -0.39 is 9.84 Å². The standard InChI is InChI=1S/C17H16ClNO4S/c1-10-9-11(3-8-15(10)24(21,22)12-4-5-12)16(20)14-7-6-13(18)17(19-14)23-2/h3,6-9,12H,4-5H2,1-2H3. The molecule has 1 aromatic carbocycles. The Kier molecular flexibility index (Phi) is 4.36. The van der Waals surface area contributed by atoms with Crippen molar-refractivity contribution < 1.29 is 17.9 Å². The number of carbonyl (C=O) groups is 1. The van der Waals surface area contributed by atoms with Gasteiger partial charge in [-0.2, -0.15) is 0 Å². The number of aryl methyl sites for hydroxylation is 1. The SMILES string of the molecule is COc1nc(C(=O)c2ccc(S(=O)(=O)C3CC3)c(C)c2)ccc1Cl. The number of aromatic nitrogens is 1. The van der Waals surface area contributed by atoms with E-state index in [4.69, 9.17) is 16.3 Å². The lowest BCUT2D eigenvalue weighted by molar-refractivity contribution is 0.103. The van der Waals surface area contributed by atoms with Crippen molar-refractivity contribution in [3.05, 3.63) is 52.2 Å². The molecule has 1 heterocycles. The first kappa shape index (κ1) is 16.9. The van der Waals surface area contributed by atoms with E-state index in [1.54, 1.807) is 19.1 Å². The minimum Gasteiger partial charge on any atom is -0.480 e. The molecule has 1 aromatic heterocycles. The maximum Gasteiger partial charge on any atom is 0.232 e. The second kappa shape index (κ2) is 6.18. The molecule has 2 aromatic rings. The number of hydrogen-bond donors (Lipinski definition) is 0. The van der Waals surface area contributed by atoms with Gasteiger partial charge in [0.15, 0.2) is 9.84 Å². The zero-order valence-corrected chi connectivity index (χ0v) is 14.8. The second-order valence-electron chi connectivity index (χ2n) is 5.74. The highest BCUT2D eigenvalue weighted by Gasteiger charge is 2.37. The predicted molar refractivity (Wildman–Crippen MR) is 90.6 cm³/mol. The molecule has 7 heteroatoms. The minimum absolute atomic E-state index is 0.173. The smallest absolute Gasteiger partial charge is 0.232 e. The first-order valence-corrected chi connectivity index (χ1v) is 9.37. The molecule has 1 fully saturated rings. The van der Waals surface area contributed by atoms with Gasteiger partial charge in [-0.3, -0.25) is 4.79 Å². The van der Waals surface area contributed by atoms with Crippen LogP contribution in [-0.4, -0.2) is 31.5 Å². The van der Waals surface area contributed by atoms with Gasteiger partial charge in [0, 0.05) is 5.56 Å². The third-order valence-electron chi connectivity index (χ3n) is 3.95. The number of ketones is 1. The summed E-state index contributed by atoms with van der Waals surface area (Å²) in [5.74, 6) is -0.143. The van der Waals surface area contributed by atoms with Gasteiger partial charge in [0.25, 0.3) is 0 Å². The average Bonchev–Trinajstić information content (AvgIpc) is 3.39. The Morgan fingerprint density at radius 2 is 1.96 bits per heavy atom. The summed E-state index contributed by atoms with van der Waals surface area (Å²) < 4.78 is 29.7. The Bertz CT molecular complexity index is 920. The second-order valence-corrected chi connectivity index (χ2v) is 8.35.